The predicted octanol–water partition coefficient (Wildman–Crippen LogP) is 2.18. The molecule has 63 valence electrons. The molecule has 0 N–H and O–H groups in total. The standard InChI is InChI=1S/C9H17N2/c1-8(2)11(9(3)4)7-5-6-10/h7-9H,5H2,1-4H3. The zero-order valence-corrected chi connectivity index (χ0v) is 7.83. The molecule has 0 saturated heterocycles. The zero-order valence-electron chi connectivity index (χ0n) is 7.83. The van der Waals surface area contributed by atoms with Gasteiger partial charge in [-0.3, -0.25) is 4.90 Å². The zero-order chi connectivity index (χ0) is 8.85. The van der Waals surface area contributed by atoms with Crippen LogP contribution >= 0.6 is 0 Å². The van der Waals surface area contributed by atoms with Crippen LogP contribution in [0.3, 0.4) is 0 Å². The minimum absolute atomic E-state index is 0.489. The van der Waals surface area contributed by atoms with Crippen LogP contribution in [0.2, 0.25) is 0 Å². The van der Waals surface area contributed by atoms with Crippen LogP contribution in [0.4, 0.5) is 0 Å². The predicted molar refractivity (Wildman–Crippen MR) is 46.6 cm³/mol. The molecule has 0 aliphatic heterocycles. The van der Waals surface area contributed by atoms with Crippen LogP contribution in [0.5, 0.6) is 0 Å². The molecule has 0 rings (SSSR count). The van der Waals surface area contributed by atoms with E-state index in [2.05, 4.69) is 38.7 Å². The van der Waals surface area contributed by atoms with Crippen molar-refractivity contribution >= 4 is 0 Å². The number of nitriles is 1. The molecule has 1 radical (unpaired) electrons. The molecule has 0 unspecified atom stereocenters. The molecule has 0 saturated carbocycles. The molecule has 0 aliphatic rings. The van der Waals surface area contributed by atoms with Crippen LogP contribution in [-0.2, 0) is 0 Å². The van der Waals surface area contributed by atoms with Crippen molar-refractivity contribution in [1.82, 2.24) is 4.90 Å². The maximum absolute atomic E-state index is 8.37. The first-order chi connectivity index (χ1) is 5.09. The maximum atomic E-state index is 8.37. The molecule has 0 aliphatic carbocycles. The molecule has 0 aromatic carbocycles. The third kappa shape index (κ3) is 4.00. The summed E-state index contributed by atoms with van der Waals surface area (Å²) in [5.74, 6) is 0. The van der Waals surface area contributed by atoms with E-state index in [1.54, 1.807) is 0 Å². The second-order valence-electron chi connectivity index (χ2n) is 3.18. The second kappa shape index (κ2) is 5.15. The highest BCUT2D eigenvalue weighted by molar-refractivity contribution is 4.84. The highest BCUT2D eigenvalue weighted by Gasteiger charge is 2.11. The summed E-state index contributed by atoms with van der Waals surface area (Å²) >= 11 is 0. The molecule has 0 heterocycles. The van der Waals surface area contributed by atoms with Gasteiger partial charge in [0.1, 0.15) is 0 Å². The fourth-order valence-electron chi connectivity index (χ4n) is 1.16. The van der Waals surface area contributed by atoms with Gasteiger partial charge in [-0.1, -0.05) is 0 Å². The van der Waals surface area contributed by atoms with Crippen LogP contribution in [0.1, 0.15) is 34.1 Å². The largest absolute Gasteiger partial charge is 0.293 e. The third-order valence-corrected chi connectivity index (χ3v) is 1.59. The summed E-state index contributed by atoms with van der Waals surface area (Å²) in [5, 5.41) is 8.37. The van der Waals surface area contributed by atoms with E-state index in [9.17, 15) is 0 Å². The molecular weight excluding hydrogens is 136 g/mol. The highest BCUT2D eigenvalue weighted by Crippen LogP contribution is 2.08. The SMILES string of the molecule is CC(C)N([CH]CC#N)C(C)C. The Morgan fingerprint density at radius 3 is 2.00 bits per heavy atom. The van der Waals surface area contributed by atoms with E-state index in [0.717, 1.165) is 0 Å². The van der Waals surface area contributed by atoms with Gasteiger partial charge in [0.25, 0.3) is 0 Å². The number of hydrogen-bond donors (Lipinski definition) is 0. The van der Waals surface area contributed by atoms with Gasteiger partial charge in [0, 0.05) is 18.6 Å². The van der Waals surface area contributed by atoms with Crippen molar-refractivity contribution in [1.29, 1.82) is 5.26 Å². The van der Waals surface area contributed by atoms with Crippen molar-refractivity contribution in [3.05, 3.63) is 6.54 Å². The summed E-state index contributed by atoms with van der Waals surface area (Å²) in [6.07, 6.45) is 0.510. The van der Waals surface area contributed by atoms with Crippen molar-refractivity contribution in [3.8, 4) is 6.07 Å². The average molecular weight is 153 g/mol. The molecule has 0 aromatic rings. The molecule has 0 aromatic heterocycles. The quantitative estimate of drug-likeness (QED) is 0.619. The monoisotopic (exact) mass is 153 g/mol. The Bertz CT molecular complexity index is 125. The van der Waals surface area contributed by atoms with E-state index in [1.165, 1.54) is 0 Å². The van der Waals surface area contributed by atoms with Crippen LogP contribution in [0, 0.1) is 17.9 Å². The van der Waals surface area contributed by atoms with Gasteiger partial charge in [0.2, 0.25) is 0 Å². The Kier molecular flexibility index (Phi) is 4.89. The molecule has 0 bridgehead atoms. The first kappa shape index (κ1) is 10.4. The number of rotatable bonds is 4. The number of nitrogens with zero attached hydrogens (tertiary/aromatic N) is 2. The Morgan fingerprint density at radius 2 is 1.73 bits per heavy atom. The minimum atomic E-state index is 0.489. The van der Waals surface area contributed by atoms with E-state index in [1.807, 2.05) is 6.54 Å². The molecule has 0 atom stereocenters. The van der Waals surface area contributed by atoms with E-state index in [-0.39, 0.29) is 0 Å². The van der Waals surface area contributed by atoms with Gasteiger partial charge in [-0.15, -0.1) is 0 Å². The fraction of sp³-hybridized carbons (Fsp3) is 0.778. The maximum Gasteiger partial charge on any atom is 0.0638 e. The van der Waals surface area contributed by atoms with E-state index < -0.39 is 0 Å². The molecule has 0 amide bonds. The molecule has 11 heavy (non-hydrogen) atoms. The molecular formula is C9H17N2. The fourth-order valence-corrected chi connectivity index (χ4v) is 1.16. The lowest BCUT2D eigenvalue weighted by atomic mass is 10.2. The summed E-state index contributed by atoms with van der Waals surface area (Å²) in [6.45, 7) is 10.5. The Hall–Kier alpha value is -0.550. The average Bonchev–Trinajstić information content (AvgIpc) is 1.87. The first-order valence-electron chi connectivity index (χ1n) is 4.07. The normalized spacial score (nSPS) is 11.1. The van der Waals surface area contributed by atoms with Gasteiger partial charge in [-0.2, -0.15) is 5.26 Å². The lowest BCUT2D eigenvalue weighted by molar-refractivity contribution is 0.221. The van der Waals surface area contributed by atoms with Crippen molar-refractivity contribution in [2.75, 3.05) is 0 Å². The molecule has 2 heteroatoms. The molecule has 2 nitrogen and oxygen atoms in total. The highest BCUT2D eigenvalue weighted by atomic mass is 15.2. The van der Waals surface area contributed by atoms with Crippen molar-refractivity contribution in [2.45, 2.75) is 46.2 Å². The molecule has 0 spiro atoms. The summed E-state index contributed by atoms with van der Waals surface area (Å²) in [6, 6.07) is 3.09. The lowest BCUT2D eigenvalue weighted by Crippen LogP contribution is -2.34. The van der Waals surface area contributed by atoms with Crippen LogP contribution < -0.4 is 0 Å². The smallest absolute Gasteiger partial charge is 0.0638 e. The Balaban J connectivity index is 3.82. The second-order valence-corrected chi connectivity index (χ2v) is 3.18. The van der Waals surface area contributed by atoms with Crippen molar-refractivity contribution in [2.24, 2.45) is 0 Å². The van der Waals surface area contributed by atoms with E-state index in [0.29, 0.717) is 18.5 Å². The van der Waals surface area contributed by atoms with Crippen LogP contribution in [0.25, 0.3) is 0 Å². The topological polar surface area (TPSA) is 27.0 Å². The van der Waals surface area contributed by atoms with Crippen LogP contribution in [-0.4, -0.2) is 17.0 Å². The first-order valence-corrected chi connectivity index (χ1v) is 4.07. The molecule has 0 fully saturated rings. The Morgan fingerprint density at radius 1 is 1.27 bits per heavy atom. The Labute approximate surface area is 69.8 Å². The van der Waals surface area contributed by atoms with E-state index >= 15 is 0 Å². The van der Waals surface area contributed by atoms with Crippen molar-refractivity contribution in [3.63, 3.8) is 0 Å². The van der Waals surface area contributed by atoms with Crippen molar-refractivity contribution < 1.29 is 0 Å². The van der Waals surface area contributed by atoms with Gasteiger partial charge in [-0.25, -0.2) is 0 Å². The van der Waals surface area contributed by atoms with E-state index in [4.69, 9.17) is 5.26 Å². The number of hydrogen-bond acceptors (Lipinski definition) is 2. The van der Waals surface area contributed by atoms with Gasteiger partial charge in [-0.05, 0) is 27.7 Å². The van der Waals surface area contributed by atoms with Gasteiger partial charge < -0.3 is 0 Å². The summed E-state index contributed by atoms with van der Waals surface area (Å²) in [4.78, 5) is 2.20. The lowest BCUT2D eigenvalue weighted by Gasteiger charge is -2.28. The van der Waals surface area contributed by atoms with Gasteiger partial charge in [0.15, 0.2) is 0 Å². The third-order valence-electron chi connectivity index (χ3n) is 1.59. The summed E-state index contributed by atoms with van der Waals surface area (Å²) in [5.41, 5.74) is 0. The summed E-state index contributed by atoms with van der Waals surface area (Å²) in [7, 11) is 0. The van der Waals surface area contributed by atoms with Crippen LogP contribution in [0.15, 0.2) is 0 Å². The summed E-state index contributed by atoms with van der Waals surface area (Å²) < 4.78 is 0. The van der Waals surface area contributed by atoms with Gasteiger partial charge >= 0.3 is 0 Å². The minimum Gasteiger partial charge on any atom is -0.293 e. The van der Waals surface area contributed by atoms with Gasteiger partial charge in [0.05, 0.1) is 12.5 Å².